The van der Waals surface area contributed by atoms with Crippen LogP contribution in [0.2, 0.25) is 0 Å². The second-order valence-corrected chi connectivity index (χ2v) is 12.7. The van der Waals surface area contributed by atoms with Crippen molar-refractivity contribution in [2.24, 2.45) is 28.9 Å². The number of nitrogens with zero attached hydrogens (tertiary/aromatic N) is 3. The molecule has 2 heterocycles. The van der Waals surface area contributed by atoms with E-state index < -0.39 is 17.1 Å². The number of carbonyl (C=O) groups is 3. The smallest absolute Gasteiger partial charge is 0.410 e. The molecule has 2 N–H and O–H groups in total. The van der Waals surface area contributed by atoms with Crippen LogP contribution in [-0.4, -0.2) is 63.7 Å². The minimum atomic E-state index is -0.631. The van der Waals surface area contributed by atoms with E-state index in [4.69, 9.17) is 15.2 Å². The first-order valence-electron chi connectivity index (χ1n) is 13.6. The summed E-state index contributed by atoms with van der Waals surface area (Å²) in [6, 6.07) is 5.55. The van der Waals surface area contributed by atoms with Gasteiger partial charge >= 0.3 is 12.2 Å². The molecular formula is C28H40N4O5. The minimum absolute atomic E-state index is 0.158. The molecule has 4 aliphatic carbocycles. The van der Waals surface area contributed by atoms with E-state index in [-0.39, 0.29) is 36.0 Å². The highest BCUT2D eigenvalue weighted by Gasteiger charge is 2.59. The Kier molecular flexibility index (Phi) is 6.61. The van der Waals surface area contributed by atoms with Crippen LogP contribution in [0.4, 0.5) is 9.59 Å². The van der Waals surface area contributed by atoms with Crippen LogP contribution in [0.15, 0.2) is 18.2 Å². The number of nitrogens with two attached hydrogens (primary N) is 1. The lowest BCUT2D eigenvalue weighted by Crippen LogP contribution is -2.59. The van der Waals surface area contributed by atoms with Crippen molar-refractivity contribution in [2.45, 2.75) is 90.5 Å². The topological polar surface area (TPSA) is 115 Å². The summed E-state index contributed by atoms with van der Waals surface area (Å²) in [6.07, 6.45) is 4.10. The highest BCUT2D eigenvalue weighted by Crippen LogP contribution is 2.60. The third-order valence-electron chi connectivity index (χ3n) is 8.71. The number of hydrogen-bond acceptors (Lipinski definition) is 6. The molecule has 202 valence electrons. The molecule has 9 nitrogen and oxygen atoms in total. The number of pyridine rings is 1. The van der Waals surface area contributed by atoms with E-state index in [1.54, 1.807) is 9.80 Å². The van der Waals surface area contributed by atoms with Gasteiger partial charge in [0.25, 0.3) is 0 Å². The van der Waals surface area contributed by atoms with Crippen LogP contribution in [0.1, 0.15) is 70.7 Å². The lowest BCUT2D eigenvalue weighted by atomic mass is 9.48. The molecule has 1 aromatic rings. The summed E-state index contributed by atoms with van der Waals surface area (Å²) >= 11 is 0. The zero-order valence-electron chi connectivity index (χ0n) is 22.4. The zero-order chi connectivity index (χ0) is 26.5. The normalized spacial score (nSPS) is 32.3. The maximum Gasteiger partial charge on any atom is 0.410 e. The summed E-state index contributed by atoms with van der Waals surface area (Å²) in [6.45, 7) is 8.68. The number of aryl methyl sites for hydroxylation is 1. The van der Waals surface area contributed by atoms with E-state index in [0.717, 1.165) is 43.5 Å². The van der Waals surface area contributed by atoms with Gasteiger partial charge < -0.3 is 20.1 Å². The Balaban J connectivity index is 1.25. The number of carbonyl (C=O) groups excluding carboxylic acids is 3. The molecule has 0 spiro atoms. The molecule has 3 atom stereocenters. The van der Waals surface area contributed by atoms with E-state index in [1.165, 1.54) is 0 Å². The Bertz CT molecular complexity index is 1050. The Morgan fingerprint density at radius 3 is 2.49 bits per heavy atom. The summed E-state index contributed by atoms with van der Waals surface area (Å²) in [7, 11) is 0. The van der Waals surface area contributed by atoms with Crippen LogP contribution in [0, 0.1) is 30.1 Å². The summed E-state index contributed by atoms with van der Waals surface area (Å²) in [4.78, 5) is 46.7. The quantitative estimate of drug-likeness (QED) is 0.637. The molecule has 1 aliphatic heterocycles. The highest BCUT2D eigenvalue weighted by molar-refractivity contribution is 5.81. The second-order valence-electron chi connectivity index (χ2n) is 12.7. The van der Waals surface area contributed by atoms with Crippen molar-refractivity contribution in [3.8, 4) is 0 Å². The molecule has 3 amide bonds. The van der Waals surface area contributed by atoms with Crippen molar-refractivity contribution < 1.29 is 23.9 Å². The van der Waals surface area contributed by atoms with Gasteiger partial charge in [0.1, 0.15) is 11.7 Å². The van der Waals surface area contributed by atoms with Gasteiger partial charge in [-0.2, -0.15) is 0 Å². The second kappa shape index (κ2) is 9.48. The fraction of sp³-hybridized carbons (Fsp3) is 0.714. The Morgan fingerprint density at radius 1 is 1.16 bits per heavy atom. The monoisotopic (exact) mass is 512 g/mol. The molecule has 1 aromatic heterocycles. The maximum absolute atomic E-state index is 13.3. The van der Waals surface area contributed by atoms with E-state index in [9.17, 15) is 14.4 Å². The highest BCUT2D eigenvalue weighted by atomic mass is 16.6. The number of primary amides is 1. The summed E-state index contributed by atoms with van der Waals surface area (Å²) < 4.78 is 11.8. The van der Waals surface area contributed by atoms with Crippen molar-refractivity contribution in [1.82, 2.24) is 14.8 Å². The van der Waals surface area contributed by atoms with E-state index in [2.05, 4.69) is 4.98 Å². The molecule has 0 aromatic carbocycles. The molecule has 5 fully saturated rings. The molecule has 1 saturated heterocycles. The predicted octanol–water partition coefficient (Wildman–Crippen LogP) is 4.02. The molecule has 0 radical (unpaired) electrons. The number of ether oxygens (including phenoxy) is 2. The Labute approximate surface area is 219 Å². The Hall–Kier alpha value is -2.84. The molecule has 6 rings (SSSR count). The first kappa shape index (κ1) is 25.8. The molecule has 9 heteroatoms. The maximum atomic E-state index is 13.3. The fourth-order valence-corrected chi connectivity index (χ4v) is 7.35. The minimum Gasteiger partial charge on any atom is -0.446 e. The van der Waals surface area contributed by atoms with Crippen LogP contribution in [0.5, 0.6) is 0 Å². The third kappa shape index (κ3) is 5.27. The number of likely N-dealkylation sites (tertiary alicyclic amines) is 1. The van der Waals surface area contributed by atoms with Crippen molar-refractivity contribution in [3.05, 3.63) is 29.6 Å². The average molecular weight is 513 g/mol. The van der Waals surface area contributed by atoms with E-state index >= 15 is 0 Å². The van der Waals surface area contributed by atoms with Crippen LogP contribution in [-0.2, 0) is 20.8 Å². The van der Waals surface area contributed by atoms with E-state index in [1.807, 2.05) is 45.9 Å². The van der Waals surface area contributed by atoms with Gasteiger partial charge in [-0.3, -0.25) is 14.7 Å². The lowest BCUT2D eigenvalue weighted by molar-refractivity contribution is -0.161. The van der Waals surface area contributed by atoms with Gasteiger partial charge in [0.2, 0.25) is 5.91 Å². The van der Waals surface area contributed by atoms with Gasteiger partial charge in [-0.05, 0) is 96.1 Å². The number of amides is 3. The Morgan fingerprint density at radius 2 is 1.86 bits per heavy atom. The van der Waals surface area contributed by atoms with Crippen molar-refractivity contribution >= 4 is 18.1 Å². The number of rotatable bonds is 5. The number of aromatic nitrogens is 1. The third-order valence-corrected chi connectivity index (χ3v) is 8.71. The first-order valence-corrected chi connectivity index (χ1v) is 13.6. The standard InChI is InChI=1S/C28H40N4O5/c1-17-6-5-7-21(30-17)15-32(26(35)37-27(2,3)4)22-8-9-31(16-22)25(34)36-23-19-10-18-11-20(23)14-28(12-18,13-19)24(29)33/h5-7,18-20,22-23H,8-16H2,1-4H3,(H2,29,33)/t18?,19?,20?,22-,23?,28?/m1/s1. The van der Waals surface area contributed by atoms with E-state index in [0.29, 0.717) is 32.0 Å². The largest absolute Gasteiger partial charge is 0.446 e. The van der Waals surface area contributed by atoms with Gasteiger partial charge in [-0.25, -0.2) is 9.59 Å². The van der Waals surface area contributed by atoms with Crippen molar-refractivity contribution in [1.29, 1.82) is 0 Å². The summed E-state index contributed by atoms with van der Waals surface area (Å²) in [5.41, 5.74) is 6.43. The summed E-state index contributed by atoms with van der Waals surface area (Å²) in [5.74, 6) is 0.719. The van der Waals surface area contributed by atoms with Gasteiger partial charge in [0.15, 0.2) is 0 Å². The van der Waals surface area contributed by atoms with Crippen LogP contribution in [0.3, 0.4) is 0 Å². The molecule has 2 unspecified atom stereocenters. The van der Waals surface area contributed by atoms with Crippen molar-refractivity contribution in [3.63, 3.8) is 0 Å². The van der Waals surface area contributed by atoms with Gasteiger partial charge in [0.05, 0.1) is 23.7 Å². The average Bonchev–Trinajstić information content (AvgIpc) is 3.28. The molecular weight excluding hydrogens is 472 g/mol. The number of hydrogen-bond donors (Lipinski definition) is 1. The van der Waals surface area contributed by atoms with Crippen LogP contribution >= 0.6 is 0 Å². The molecule has 37 heavy (non-hydrogen) atoms. The predicted molar refractivity (Wildman–Crippen MR) is 136 cm³/mol. The SMILES string of the molecule is Cc1cccc(CN(C(=O)OC(C)(C)C)[C@@H]2CCN(C(=O)OC3C4CC5CC3CC(C(N)=O)(C5)C4)C2)n1. The van der Waals surface area contributed by atoms with Gasteiger partial charge in [0, 0.05) is 18.8 Å². The molecule has 4 saturated carbocycles. The van der Waals surface area contributed by atoms with Crippen molar-refractivity contribution in [2.75, 3.05) is 13.1 Å². The van der Waals surface area contributed by atoms with Gasteiger partial charge in [-0.1, -0.05) is 6.07 Å². The van der Waals surface area contributed by atoms with Gasteiger partial charge in [-0.15, -0.1) is 0 Å². The fourth-order valence-electron chi connectivity index (χ4n) is 7.35. The summed E-state index contributed by atoms with van der Waals surface area (Å²) in [5, 5.41) is 0. The lowest BCUT2D eigenvalue weighted by Gasteiger charge is -2.58. The first-order chi connectivity index (χ1) is 17.4. The molecule has 4 bridgehead atoms. The van der Waals surface area contributed by atoms with Crippen LogP contribution in [0.25, 0.3) is 0 Å². The van der Waals surface area contributed by atoms with Crippen LogP contribution < -0.4 is 5.73 Å². The molecule has 5 aliphatic rings. The zero-order valence-corrected chi connectivity index (χ0v) is 22.4.